The summed E-state index contributed by atoms with van der Waals surface area (Å²) in [5.41, 5.74) is 2.14. The number of nitriles is 1. The second kappa shape index (κ2) is 9.15. The molecule has 1 unspecified atom stereocenters. The largest absolute Gasteiger partial charge is 0.368 e. The molecule has 3 amide bonds. The maximum Gasteiger partial charge on any atom is 0.319 e. The summed E-state index contributed by atoms with van der Waals surface area (Å²) < 4.78 is 0. The van der Waals surface area contributed by atoms with Gasteiger partial charge in [-0.3, -0.25) is 4.79 Å². The molecule has 0 radical (unpaired) electrons. The quantitative estimate of drug-likeness (QED) is 0.741. The van der Waals surface area contributed by atoms with E-state index in [1.807, 2.05) is 17.0 Å². The van der Waals surface area contributed by atoms with E-state index in [0.717, 1.165) is 43.6 Å². The first-order valence-corrected chi connectivity index (χ1v) is 11.2. The molecule has 4 rings (SSSR count). The lowest BCUT2D eigenvalue weighted by molar-refractivity contribution is -0.124. The Hall–Kier alpha value is -2.79. The molecule has 2 N–H and O–H groups in total. The smallest absolute Gasteiger partial charge is 0.319 e. The molecule has 3 fully saturated rings. The molecule has 31 heavy (non-hydrogen) atoms. The molecule has 1 aromatic carbocycles. The van der Waals surface area contributed by atoms with E-state index in [2.05, 4.69) is 33.7 Å². The average molecular weight is 425 g/mol. The van der Waals surface area contributed by atoms with Crippen molar-refractivity contribution < 1.29 is 9.59 Å². The van der Waals surface area contributed by atoms with E-state index in [1.165, 1.54) is 0 Å². The Morgan fingerprint density at radius 3 is 2.45 bits per heavy atom. The third-order valence-corrected chi connectivity index (χ3v) is 6.79. The maximum atomic E-state index is 12.6. The van der Waals surface area contributed by atoms with Crippen LogP contribution < -0.4 is 15.5 Å². The molecular formula is C23H32N6O2. The monoisotopic (exact) mass is 424 g/mol. The van der Waals surface area contributed by atoms with E-state index >= 15 is 0 Å². The first-order valence-electron chi connectivity index (χ1n) is 11.2. The lowest BCUT2D eigenvalue weighted by atomic mass is 9.98. The molecule has 0 spiro atoms. The second-order valence-corrected chi connectivity index (χ2v) is 9.13. The fraction of sp³-hybridized carbons (Fsp3) is 0.609. The highest BCUT2D eigenvalue weighted by molar-refractivity contribution is 5.83. The number of amides is 3. The van der Waals surface area contributed by atoms with Gasteiger partial charge in [-0.2, -0.15) is 5.26 Å². The van der Waals surface area contributed by atoms with Crippen LogP contribution in [-0.2, 0) is 11.2 Å². The molecule has 2 saturated heterocycles. The maximum absolute atomic E-state index is 12.6. The normalized spacial score (nSPS) is 25.8. The predicted octanol–water partition coefficient (Wildman–Crippen LogP) is 1.18. The number of hydrogen-bond donors (Lipinski definition) is 2. The minimum absolute atomic E-state index is 0.0412. The SMILES string of the molecule is CN(C)C(=O)N1CCN(c2ccc(C[C@@H](C#N)NC(=O)[C@H]3NC4CC[C@H]3C4)cc2)CC1. The number of hydrogen-bond acceptors (Lipinski definition) is 5. The zero-order chi connectivity index (χ0) is 22.0. The van der Waals surface area contributed by atoms with Gasteiger partial charge in [0, 0.05) is 58.4 Å². The summed E-state index contributed by atoms with van der Waals surface area (Å²) in [5, 5.41) is 15.9. The summed E-state index contributed by atoms with van der Waals surface area (Å²) >= 11 is 0. The fourth-order valence-electron chi connectivity index (χ4n) is 5.06. The van der Waals surface area contributed by atoms with Gasteiger partial charge < -0.3 is 25.3 Å². The molecule has 166 valence electrons. The molecule has 3 aliphatic rings. The zero-order valence-corrected chi connectivity index (χ0v) is 18.4. The van der Waals surface area contributed by atoms with Gasteiger partial charge in [-0.25, -0.2) is 4.79 Å². The number of nitrogens with zero attached hydrogens (tertiary/aromatic N) is 4. The highest BCUT2D eigenvalue weighted by Gasteiger charge is 2.43. The van der Waals surface area contributed by atoms with Crippen molar-refractivity contribution in [3.05, 3.63) is 29.8 Å². The summed E-state index contributed by atoms with van der Waals surface area (Å²) in [6, 6.07) is 10.3. The molecule has 8 heteroatoms. The van der Waals surface area contributed by atoms with Gasteiger partial charge in [-0.15, -0.1) is 0 Å². The number of piperidine rings is 1. The Morgan fingerprint density at radius 1 is 1.19 bits per heavy atom. The third kappa shape index (κ3) is 4.77. The van der Waals surface area contributed by atoms with E-state index in [9.17, 15) is 14.9 Å². The van der Waals surface area contributed by atoms with Crippen LogP contribution in [0.3, 0.4) is 0 Å². The van der Waals surface area contributed by atoms with Crippen LogP contribution >= 0.6 is 0 Å². The Morgan fingerprint density at radius 2 is 1.90 bits per heavy atom. The van der Waals surface area contributed by atoms with Crippen LogP contribution in [0.15, 0.2) is 24.3 Å². The van der Waals surface area contributed by atoms with E-state index < -0.39 is 6.04 Å². The lowest BCUT2D eigenvalue weighted by Gasteiger charge is -2.37. The number of rotatable bonds is 5. The number of fused-ring (bicyclic) bond motifs is 2. The molecule has 0 aromatic heterocycles. The van der Waals surface area contributed by atoms with E-state index in [0.29, 0.717) is 31.5 Å². The van der Waals surface area contributed by atoms with Crippen molar-refractivity contribution >= 4 is 17.6 Å². The summed E-state index contributed by atoms with van der Waals surface area (Å²) in [5.74, 6) is 0.373. The molecule has 4 atom stereocenters. The minimum atomic E-state index is -0.528. The summed E-state index contributed by atoms with van der Waals surface area (Å²) in [4.78, 5) is 30.5. The van der Waals surface area contributed by atoms with E-state index in [1.54, 1.807) is 19.0 Å². The minimum Gasteiger partial charge on any atom is -0.368 e. The van der Waals surface area contributed by atoms with Gasteiger partial charge in [0.15, 0.2) is 0 Å². The first-order chi connectivity index (χ1) is 14.9. The Balaban J connectivity index is 1.28. The van der Waals surface area contributed by atoms with Crippen molar-refractivity contribution in [1.82, 2.24) is 20.4 Å². The van der Waals surface area contributed by atoms with Crippen LogP contribution in [0, 0.1) is 17.2 Å². The van der Waals surface area contributed by atoms with Crippen LogP contribution in [-0.4, -0.2) is 80.1 Å². The zero-order valence-electron chi connectivity index (χ0n) is 18.4. The van der Waals surface area contributed by atoms with Crippen LogP contribution in [0.1, 0.15) is 24.8 Å². The van der Waals surface area contributed by atoms with Gasteiger partial charge in [0.2, 0.25) is 5.91 Å². The van der Waals surface area contributed by atoms with Crippen molar-refractivity contribution in [2.24, 2.45) is 5.92 Å². The molecule has 8 nitrogen and oxygen atoms in total. The van der Waals surface area contributed by atoms with Gasteiger partial charge in [0.05, 0.1) is 12.1 Å². The molecular weight excluding hydrogens is 392 g/mol. The molecule has 2 heterocycles. The molecule has 2 aliphatic heterocycles. The molecule has 1 aliphatic carbocycles. The van der Waals surface area contributed by atoms with Crippen molar-refractivity contribution in [1.29, 1.82) is 5.26 Å². The van der Waals surface area contributed by atoms with Crippen LogP contribution in [0.25, 0.3) is 0 Å². The number of nitrogens with one attached hydrogen (secondary N) is 2. The highest BCUT2D eigenvalue weighted by atomic mass is 16.2. The third-order valence-electron chi connectivity index (χ3n) is 6.79. The van der Waals surface area contributed by atoms with Gasteiger partial charge in [0.1, 0.15) is 6.04 Å². The Kier molecular flexibility index (Phi) is 6.33. The van der Waals surface area contributed by atoms with Gasteiger partial charge in [-0.05, 0) is 42.9 Å². The van der Waals surface area contributed by atoms with E-state index in [4.69, 9.17) is 0 Å². The van der Waals surface area contributed by atoms with Crippen LogP contribution in [0.5, 0.6) is 0 Å². The van der Waals surface area contributed by atoms with Crippen molar-refractivity contribution in [3.63, 3.8) is 0 Å². The van der Waals surface area contributed by atoms with Crippen LogP contribution in [0.4, 0.5) is 10.5 Å². The molecule has 2 bridgehead atoms. The summed E-state index contributed by atoms with van der Waals surface area (Å²) in [6.45, 7) is 3.01. The summed E-state index contributed by atoms with van der Waals surface area (Å²) in [6.07, 6.45) is 3.83. The number of carbonyl (C=O) groups is 2. The van der Waals surface area contributed by atoms with Gasteiger partial charge in [0.25, 0.3) is 0 Å². The predicted molar refractivity (Wildman–Crippen MR) is 119 cm³/mol. The highest BCUT2D eigenvalue weighted by Crippen LogP contribution is 2.35. The number of anilines is 1. The Bertz CT molecular complexity index is 841. The van der Waals surface area contributed by atoms with Gasteiger partial charge in [-0.1, -0.05) is 12.1 Å². The number of urea groups is 1. The standard InChI is InChI=1S/C23H32N6O2/c1-27(2)23(31)29-11-9-28(10-12-29)20-7-3-16(4-8-20)13-19(15-24)26-22(30)21-17-5-6-18(14-17)25-21/h3-4,7-8,17-19,21,25H,5-6,9-14H2,1-2H3,(H,26,30)/t17-,18?,19-,21-/m0/s1. The molecule has 1 saturated carbocycles. The number of carbonyl (C=O) groups excluding carboxylic acids is 2. The second-order valence-electron chi connectivity index (χ2n) is 9.13. The van der Waals surface area contributed by atoms with Crippen molar-refractivity contribution in [2.45, 2.75) is 43.8 Å². The van der Waals surface area contributed by atoms with Crippen LogP contribution in [0.2, 0.25) is 0 Å². The summed E-state index contributed by atoms with van der Waals surface area (Å²) in [7, 11) is 3.55. The fourth-order valence-corrected chi connectivity index (χ4v) is 5.06. The van der Waals surface area contributed by atoms with Gasteiger partial charge >= 0.3 is 6.03 Å². The average Bonchev–Trinajstić information content (AvgIpc) is 3.42. The first kappa shape index (κ1) is 21.4. The number of piperazine rings is 1. The van der Waals surface area contributed by atoms with Crippen molar-refractivity contribution in [2.75, 3.05) is 45.2 Å². The topological polar surface area (TPSA) is 91.7 Å². The van der Waals surface area contributed by atoms with E-state index in [-0.39, 0.29) is 18.0 Å². The lowest BCUT2D eigenvalue weighted by Crippen LogP contribution is -2.51. The Labute approximate surface area is 184 Å². The number of benzene rings is 1. The van der Waals surface area contributed by atoms with Crippen molar-refractivity contribution in [3.8, 4) is 6.07 Å². The molecule has 1 aromatic rings.